The summed E-state index contributed by atoms with van der Waals surface area (Å²) in [6.45, 7) is 4.66. The Morgan fingerprint density at radius 3 is 2.44 bits per heavy atom. The fourth-order valence-corrected chi connectivity index (χ4v) is 4.56. The third kappa shape index (κ3) is 4.32. The van der Waals surface area contributed by atoms with E-state index >= 15 is 0 Å². The minimum Gasteiger partial charge on any atom is -0.396 e. The molecule has 2 amide bonds. The maximum absolute atomic E-state index is 13.4. The summed E-state index contributed by atoms with van der Waals surface area (Å²) in [5.74, 6) is -0.407. The molecular weight excluding hydrogens is 402 g/mol. The molecule has 0 aliphatic carbocycles. The van der Waals surface area contributed by atoms with Crippen LogP contribution in [-0.4, -0.2) is 33.4 Å². The van der Waals surface area contributed by atoms with Gasteiger partial charge >= 0.3 is 0 Å². The van der Waals surface area contributed by atoms with E-state index in [4.69, 9.17) is 0 Å². The number of nitrogens with one attached hydrogen (secondary N) is 2. The molecule has 0 bridgehead atoms. The number of rotatable bonds is 7. The fourth-order valence-electron chi connectivity index (χ4n) is 4.56. The molecule has 0 fully saturated rings. The molecular formula is C26H29N3O3. The highest BCUT2D eigenvalue weighted by molar-refractivity contribution is 5.89. The molecule has 3 N–H and O–H groups in total. The van der Waals surface area contributed by atoms with Gasteiger partial charge < -0.3 is 20.3 Å². The zero-order chi connectivity index (χ0) is 22.7. The van der Waals surface area contributed by atoms with Gasteiger partial charge in [0, 0.05) is 48.3 Å². The quantitative estimate of drug-likeness (QED) is 0.524. The van der Waals surface area contributed by atoms with E-state index in [0.717, 1.165) is 45.7 Å². The number of fused-ring (bicyclic) bond motifs is 1. The molecule has 3 aromatic rings. The Morgan fingerprint density at radius 1 is 1.09 bits per heavy atom. The van der Waals surface area contributed by atoms with E-state index in [-0.39, 0.29) is 24.3 Å². The van der Waals surface area contributed by atoms with Crippen molar-refractivity contribution in [3.8, 4) is 11.1 Å². The fraction of sp³-hybridized carbons (Fsp3) is 0.308. The van der Waals surface area contributed by atoms with Gasteiger partial charge in [0.1, 0.15) is 0 Å². The number of hydrogen-bond acceptors (Lipinski definition) is 3. The van der Waals surface area contributed by atoms with Crippen LogP contribution < -0.4 is 5.32 Å². The lowest BCUT2D eigenvalue weighted by Crippen LogP contribution is -2.31. The maximum atomic E-state index is 13.4. The molecule has 1 aliphatic heterocycles. The van der Waals surface area contributed by atoms with Crippen molar-refractivity contribution in [1.82, 2.24) is 9.88 Å². The van der Waals surface area contributed by atoms with Crippen LogP contribution in [0.25, 0.3) is 11.1 Å². The Kier molecular flexibility index (Phi) is 6.42. The normalized spacial score (nSPS) is 13.7. The minimum absolute atomic E-state index is 0.0314. The van der Waals surface area contributed by atoms with Crippen molar-refractivity contribution in [2.45, 2.75) is 45.7 Å². The number of carbonyl (C=O) groups is 2. The summed E-state index contributed by atoms with van der Waals surface area (Å²) in [5.41, 5.74) is 7.29. The number of amides is 2. The highest BCUT2D eigenvalue weighted by Gasteiger charge is 2.33. The molecule has 0 saturated carbocycles. The van der Waals surface area contributed by atoms with Crippen molar-refractivity contribution in [3.63, 3.8) is 0 Å². The zero-order valence-electron chi connectivity index (χ0n) is 18.5. The number of aryl methyl sites for hydroxylation is 1. The van der Waals surface area contributed by atoms with Crippen molar-refractivity contribution in [3.05, 3.63) is 77.1 Å². The monoisotopic (exact) mass is 431 g/mol. The van der Waals surface area contributed by atoms with Gasteiger partial charge in [-0.05, 0) is 36.1 Å². The molecule has 1 atom stereocenters. The first-order chi connectivity index (χ1) is 15.5. The van der Waals surface area contributed by atoms with Crippen molar-refractivity contribution < 1.29 is 14.7 Å². The molecule has 0 saturated heterocycles. The van der Waals surface area contributed by atoms with Crippen LogP contribution in [-0.2, 0) is 29.1 Å². The molecule has 2 heterocycles. The number of hydrogen-bond donors (Lipinski definition) is 3. The van der Waals surface area contributed by atoms with Crippen LogP contribution in [0.15, 0.2) is 54.6 Å². The Morgan fingerprint density at radius 2 is 1.81 bits per heavy atom. The first-order valence-corrected chi connectivity index (χ1v) is 11.1. The summed E-state index contributed by atoms with van der Waals surface area (Å²) in [4.78, 5) is 30.1. The molecule has 6 heteroatoms. The van der Waals surface area contributed by atoms with Gasteiger partial charge in [0.05, 0.1) is 12.5 Å². The summed E-state index contributed by atoms with van der Waals surface area (Å²) in [5, 5.41) is 12.4. The highest BCUT2D eigenvalue weighted by Crippen LogP contribution is 2.38. The smallest absolute Gasteiger partial charge is 0.230 e. The summed E-state index contributed by atoms with van der Waals surface area (Å²) >= 11 is 0. The van der Waals surface area contributed by atoms with Gasteiger partial charge in [-0.3, -0.25) is 9.59 Å². The predicted molar refractivity (Wildman–Crippen MR) is 125 cm³/mol. The van der Waals surface area contributed by atoms with E-state index in [1.807, 2.05) is 59.5 Å². The zero-order valence-corrected chi connectivity index (χ0v) is 18.5. The largest absolute Gasteiger partial charge is 0.396 e. The van der Waals surface area contributed by atoms with E-state index in [0.29, 0.717) is 19.5 Å². The maximum Gasteiger partial charge on any atom is 0.230 e. The minimum atomic E-state index is -0.351. The molecule has 0 radical (unpaired) electrons. The van der Waals surface area contributed by atoms with Gasteiger partial charge in [-0.15, -0.1) is 0 Å². The van der Waals surface area contributed by atoms with E-state index in [2.05, 4.69) is 17.2 Å². The van der Waals surface area contributed by atoms with Crippen LogP contribution in [0.4, 0.5) is 5.69 Å². The lowest BCUT2D eigenvalue weighted by molar-refractivity contribution is -0.133. The van der Waals surface area contributed by atoms with Gasteiger partial charge in [0.15, 0.2) is 0 Å². The Balaban J connectivity index is 1.60. The second-order valence-electron chi connectivity index (χ2n) is 8.22. The number of aromatic amines is 1. The number of carbonyl (C=O) groups excluding carboxylic acids is 2. The Labute approximate surface area is 188 Å². The van der Waals surface area contributed by atoms with E-state index in [1.54, 1.807) is 0 Å². The third-order valence-corrected chi connectivity index (χ3v) is 6.04. The average Bonchev–Trinajstić information content (AvgIpc) is 3.35. The first kappa shape index (κ1) is 21.8. The first-order valence-electron chi connectivity index (χ1n) is 11.1. The topological polar surface area (TPSA) is 85.4 Å². The van der Waals surface area contributed by atoms with Gasteiger partial charge in [0.2, 0.25) is 11.8 Å². The van der Waals surface area contributed by atoms with Crippen molar-refractivity contribution in [1.29, 1.82) is 0 Å². The van der Waals surface area contributed by atoms with E-state index in [1.165, 1.54) is 6.92 Å². The molecule has 0 spiro atoms. The SMILES string of the molecule is CCc1[nH]c2c(c1-c1ccc(NC(C)=O)cc1)CN(C(=O)C(CCO)c1ccccc1)C2. The highest BCUT2D eigenvalue weighted by atomic mass is 16.3. The molecule has 6 nitrogen and oxygen atoms in total. The van der Waals surface area contributed by atoms with Crippen molar-refractivity contribution >= 4 is 17.5 Å². The Bertz CT molecular complexity index is 1100. The molecule has 2 aromatic carbocycles. The number of aliphatic hydroxyl groups excluding tert-OH is 1. The van der Waals surface area contributed by atoms with E-state index < -0.39 is 0 Å². The number of aromatic nitrogens is 1. The predicted octanol–water partition coefficient (Wildman–Crippen LogP) is 4.21. The second-order valence-corrected chi connectivity index (χ2v) is 8.22. The summed E-state index contributed by atoms with van der Waals surface area (Å²) in [6, 6.07) is 17.5. The molecule has 1 aliphatic rings. The second kappa shape index (κ2) is 9.40. The van der Waals surface area contributed by atoms with Crippen LogP contribution in [0, 0.1) is 0 Å². The van der Waals surface area contributed by atoms with Gasteiger partial charge in [-0.2, -0.15) is 0 Å². The molecule has 1 aromatic heterocycles. The lowest BCUT2D eigenvalue weighted by Gasteiger charge is -2.23. The summed E-state index contributed by atoms with van der Waals surface area (Å²) in [6.07, 6.45) is 1.27. The van der Waals surface area contributed by atoms with Crippen LogP contribution in [0.3, 0.4) is 0 Å². The molecule has 32 heavy (non-hydrogen) atoms. The van der Waals surface area contributed by atoms with Crippen LogP contribution in [0.1, 0.15) is 48.7 Å². The van der Waals surface area contributed by atoms with Gasteiger partial charge in [0.25, 0.3) is 0 Å². The summed E-state index contributed by atoms with van der Waals surface area (Å²) in [7, 11) is 0. The van der Waals surface area contributed by atoms with Crippen LogP contribution in [0.2, 0.25) is 0 Å². The van der Waals surface area contributed by atoms with Crippen molar-refractivity contribution in [2.75, 3.05) is 11.9 Å². The number of anilines is 1. The number of nitrogens with zero attached hydrogens (tertiary/aromatic N) is 1. The average molecular weight is 432 g/mol. The standard InChI is InChI=1S/C26H29N3O3/c1-3-23-25(19-9-11-20(12-10-19)27-17(2)31)22-15-29(16-24(22)28-23)26(32)21(13-14-30)18-7-5-4-6-8-18/h4-12,21,28,30H,3,13-16H2,1-2H3,(H,27,31). The molecule has 4 rings (SSSR count). The number of aliphatic hydroxyl groups is 1. The third-order valence-electron chi connectivity index (χ3n) is 6.04. The van der Waals surface area contributed by atoms with Gasteiger partial charge in [-0.1, -0.05) is 49.4 Å². The van der Waals surface area contributed by atoms with Crippen LogP contribution >= 0.6 is 0 Å². The van der Waals surface area contributed by atoms with Gasteiger partial charge in [-0.25, -0.2) is 0 Å². The molecule has 166 valence electrons. The number of benzene rings is 2. The van der Waals surface area contributed by atoms with E-state index in [9.17, 15) is 14.7 Å². The lowest BCUT2D eigenvalue weighted by atomic mass is 9.94. The number of H-pyrrole nitrogens is 1. The summed E-state index contributed by atoms with van der Waals surface area (Å²) < 4.78 is 0. The van der Waals surface area contributed by atoms with Crippen molar-refractivity contribution in [2.24, 2.45) is 0 Å². The Hall–Kier alpha value is -3.38. The van der Waals surface area contributed by atoms with Crippen LogP contribution in [0.5, 0.6) is 0 Å². The molecule has 1 unspecified atom stereocenters.